The minimum Gasteiger partial charge on any atom is -0.352 e. The Bertz CT molecular complexity index is 788. The zero-order chi connectivity index (χ0) is 15.5. The fraction of sp³-hybridized carbons (Fsp3) is 0.0714. The van der Waals surface area contributed by atoms with E-state index in [1.54, 1.807) is 17.1 Å². The Labute approximate surface area is 141 Å². The van der Waals surface area contributed by atoms with Gasteiger partial charge in [-0.2, -0.15) is 5.10 Å². The zero-order valence-corrected chi connectivity index (χ0v) is 13.8. The molecule has 0 radical (unpaired) electrons. The summed E-state index contributed by atoms with van der Waals surface area (Å²) < 4.78 is 1.72. The maximum Gasteiger partial charge on any atom is 0.147 e. The van der Waals surface area contributed by atoms with Gasteiger partial charge < -0.3 is 5.32 Å². The fourth-order valence-corrected chi connectivity index (χ4v) is 2.96. The van der Waals surface area contributed by atoms with E-state index < -0.39 is 0 Å². The third-order valence-electron chi connectivity index (χ3n) is 2.76. The van der Waals surface area contributed by atoms with Crippen LogP contribution in [-0.4, -0.2) is 19.7 Å². The van der Waals surface area contributed by atoms with Gasteiger partial charge in [0.25, 0.3) is 0 Å². The van der Waals surface area contributed by atoms with E-state index in [1.165, 1.54) is 18.0 Å². The molecule has 3 aromatic rings. The van der Waals surface area contributed by atoms with E-state index in [1.807, 2.05) is 31.4 Å². The molecule has 0 fully saturated rings. The van der Waals surface area contributed by atoms with E-state index >= 15 is 0 Å². The summed E-state index contributed by atoms with van der Waals surface area (Å²) in [5, 5.41) is 9.07. The summed E-state index contributed by atoms with van der Waals surface area (Å²) in [6, 6.07) is 5.76. The highest BCUT2D eigenvalue weighted by Gasteiger charge is 2.09. The van der Waals surface area contributed by atoms with Crippen molar-refractivity contribution < 1.29 is 0 Å². The molecule has 0 amide bonds. The molecule has 2 heterocycles. The Morgan fingerprint density at radius 1 is 1.14 bits per heavy atom. The van der Waals surface area contributed by atoms with Gasteiger partial charge in [0.2, 0.25) is 0 Å². The molecule has 0 bridgehead atoms. The van der Waals surface area contributed by atoms with Crippen LogP contribution in [0.1, 0.15) is 0 Å². The number of nitrogens with one attached hydrogen (secondary N) is 1. The van der Waals surface area contributed by atoms with E-state index in [9.17, 15) is 0 Å². The molecule has 1 N–H and O–H groups in total. The molecule has 22 heavy (non-hydrogen) atoms. The van der Waals surface area contributed by atoms with Crippen LogP contribution in [0.3, 0.4) is 0 Å². The first-order valence-electron chi connectivity index (χ1n) is 6.31. The van der Waals surface area contributed by atoms with Gasteiger partial charge in [0.15, 0.2) is 0 Å². The number of rotatable bonds is 4. The van der Waals surface area contributed by atoms with Crippen LogP contribution in [-0.2, 0) is 7.05 Å². The number of halogens is 2. The smallest absolute Gasteiger partial charge is 0.147 e. The number of aryl methyl sites for hydroxylation is 1. The highest BCUT2D eigenvalue weighted by Crippen LogP contribution is 2.37. The zero-order valence-electron chi connectivity index (χ0n) is 11.5. The highest BCUT2D eigenvalue weighted by molar-refractivity contribution is 7.99. The molecule has 0 spiro atoms. The third kappa shape index (κ3) is 3.52. The molecule has 0 saturated carbocycles. The molecule has 8 heteroatoms. The molecule has 3 rings (SSSR count). The van der Waals surface area contributed by atoms with Crippen molar-refractivity contribution in [3.63, 3.8) is 0 Å². The van der Waals surface area contributed by atoms with Gasteiger partial charge in [-0.1, -0.05) is 41.0 Å². The van der Waals surface area contributed by atoms with Crippen molar-refractivity contribution in [1.29, 1.82) is 0 Å². The Morgan fingerprint density at radius 2 is 2.00 bits per heavy atom. The molecule has 0 saturated heterocycles. The Balaban J connectivity index is 1.83. The second kappa shape index (κ2) is 6.56. The van der Waals surface area contributed by atoms with Crippen LogP contribution in [0.5, 0.6) is 0 Å². The number of hydrogen-bond acceptors (Lipinski definition) is 5. The van der Waals surface area contributed by atoms with Crippen LogP contribution in [0.2, 0.25) is 10.2 Å². The minimum atomic E-state index is 0.363. The van der Waals surface area contributed by atoms with Crippen molar-refractivity contribution in [2.75, 3.05) is 5.32 Å². The summed E-state index contributed by atoms with van der Waals surface area (Å²) in [4.78, 5) is 9.10. The quantitative estimate of drug-likeness (QED) is 0.754. The number of aromatic nitrogens is 4. The Kier molecular flexibility index (Phi) is 4.52. The predicted octanol–water partition coefficient (Wildman–Crippen LogP) is 4.41. The SMILES string of the molecule is Cn1cc(Nc2cccc(Sc3cnc(Cl)cn3)c2Cl)cn1. The first-order valence-corrected chi connectivity index (χ1v) is 7.88. The fourth-order valence-electron chi connectivity index (χ4n) is 1.79. The summed E-state index contributed by atoms with van der Waals surface area (Å²) in [7, 11) is 1.86. The molecule has 0 aliphatic carbocycles. The number of hydrogen-bond donors (Lipinski definition) is 1. The molecular weight excluding hydrogens is 341 g/mol. The standard InChI is InChI=1S/C14H11Cl2N5S/c1-21-8-9(5-19-21)20-10-3-2-4-11(14(10)16)22-13-7-17-12(15)6-18-13/h2-8,20H,1H3. The molecule has 2 aromatic heterocycles. The lowest BCUT2D eigenvalue weighted by Gasteiger charge is -2.10. The average molecular weight is 352 g/mol. The van der Waals surface area contributed by atoms with Gasteiger partial charge in [0.1, 0.15) is 10.2 Å². The number of anilines is 2. The van der Waals surface area contributed by atoms with Gasteiger partial charge in [-0.15, -0.1) is 0 Å². The van der Waals surface area contributed by atoms with Crippen LogP contribution in [0, 0.1) is 0 Å². The highest BCUT2D eigenvalue weighted by atomic mass is 35.5. The first-order chi connectivity index (χ1) is 10.6. The largest absolute Gasteiger partial charge is 0.352 e. The van der Waals surface area contributed by atoms with Crippen LogP contribution in [0.15, 0.2) is 52.9 Å². The lowest BCUT2D eigenvalue weighted by molar-refractivity contribution is 0.768. The van der Waals surface area contributed by atoms with Crippen LogP contribution in [0.4, 0.5) is 11.4 Å². The lowest BCUT2D eigenvalue weighted by Crippen LogP contribution is -1.91. The minimum absolute atomic E-state index is 0.363. The third-order valence-corrected chi connectivity index (χ3v) is 4.45. The number of nitrogens with zero attached hydrogens (tertiary/aromatic N) is 4. The summed E-state index contributed by atoms with van der Waals surface area (Å²) in [6.07, 6.45) is 6.74. The summed E-state index contributed by atoms with van der Waals surface area (Å²) >= 11 is 13.6. The van der Waals surface area contributed by atoms with Gasteiger partial charge in [-0.25, -0.2) is 9.97 Å². The maximum absolute atomic E-state index is 6.46. The molecule has 112 valence electrons. The van der Waals surface area contributed by atoms with Gasteiger partial charge in [0, 0.05) is 18.1 Å². The van der Waals surface area contributed by atoms with Crippen LogP contribution >= 0.6 is 35.0 Å². The van der Waals surface area contributed by atoms with Crippen molar-refractivity contribution in [2.24, 2.45) is 7.05 Å². The van der Waals surface area contributed by atoms with E-state index in [0.717, 1.165) is 21.3 Å². The van der Waals surface area contributed by atoms with E-state index in [4.69, 9.17) is 23.2 Å². The average Bonchev–Trinajstić information content (AvgIpc) is 2.91. The van der Waals surface area contributed by atoms with Crippen molar-refractivity contribution in [1.82, 2.24) is 19.7 Å². The van der Waals surface area contributed by atoms with Crippen molar-refractivity contribution in [2.45, 2.75) is 9.92 Å². The normalized spacial score (nSPS) is 10.7. The summed E-state index contributed by atoms with van der Waals surface area (Å²) in [6.45, 7) is 0. The predicted molar refractivity (Wildman–Crippen MR) is 89.1 cm³/mol. The maximum atomic E-state index is 6.46. The Morgan fingerprint density at radius 3 is 2.68 bits per heavy atom. The molecular formula is C14H11Cl2N5S. The van der Waals surface area contributed by atoms with Crippen LogP contribution < -0.4 is 5.32 Å². The molecule has 0 aliphatic heterocycles. The second-order valence-electron chi connectivity index (χ2n) is 4.42. The summed E-state index contributed by atoms with van der Waals surface area (Å²) in [5.74, 6) is 0. The van der Waals surface area contributed by atoms with Gasteiger partial charge in [-0.05, 0) is 12.1 Å². The van der Waals surface area contributed by atoms with Gasteiger partial charge in [-0.3, -0.25) is 4.68 Å². The van der Waals surface area contributed by atoms with E-state index in [2.05, 4.69) is 20.4 Å². The van der Waals surface area contributed by atoms with Crippen molar-refractivity contribution in [3.8, 4) is 0 Å². The Hall–Kier alpha value is -1.76. The van der Waals surface area contributed by atoms with Gasteiger partial charge >= 0.3 is 0 Å². The van der Waals surface area contributed by atoms with Crippen LogP contribution in [0.25, 0.3) is 0 Å². The first kappa shape index (κ1) is 15.1. The van der Waals surface area contributed by atoms with E-state index in [-0.39, 0.29) is 0 Å². The monoisotopic (exact) mass is 351 g/mol. The molecule has 0 atom stereocenters. The summed E-state index contributed by atoms with van der Waals surface area (Å²) in [5.41, 5.74) is 1.68. The van der Waals surface area contributed by atoms with Crippen molar-refractivity contribution in [3.05, 3.63) is 53.2 Å². The molecule has 0 aliphatic rings. The second-order valence-corrected chi connectivity index (χ2v) is 6.25. The van der Waals surface area contributed by atoms with E-state index in [0.29, 0.717) is 10.2 Å². The number of benzene rings is 1. The molecule has 0 unspecified atom stereocenters. The molecule has 5 nitrogen and oxygen atoms in total. The van der Waals surface area contributed by atoms with Gasteiger partial charge in [0.05, 0.1) is 35.0 Å². The topological polar surface area (TPSA) is 55.6 Å². The lowest BCUT2D eigenvalue weighted by atomic mass is 10.3. The van der Waals surface area contributed by atoms with Crippen molar-refractivity contribution >= 4 is 46.3 Å². The molecule has 1 aromatic carbocycles.